The Morgan fingerprint density at radius 1 is 1.10 bits per heavy atom. The first-order valence-electron chi connectivity index (χ1n) is 6.46. The molecule has 0 heterocycles. The fourth-order valence-corrected chi connectivity index (χ4v) is 2.54. The first-order valence-corrected chi connectivity index (χ1v) is 7.22. The van der Waals surface area contributed by atoms with Gasteiger partial charge in [-0.3, -0.25) is 4.79 Å². The lowest BCUT2D eigenvalue weighted by atomic mass is 9.98. The van der Waals surface area contributed by atoms with E-state index in [1.165, 1.54) is 0 Å². The van der Waals surface area contributed by atoms with Crippen LogP contribution in [0.4, 0.5) is 0 Å². The van der Waals surface area contributed by atoms with Crippen LogP contribution in [0.1, 0.15) is 11.1 Å². The molecule has 1 atom stereocenters. The number of ketones is 1. The molecule has 0 saturated carbocycles. The average molecular weight is 324 g/mol. The van der Waals surface area contributed by atoms with Gasteiger partial charge in [0.2, 0.25) is 0 Å². The molecule has 2 rings (SSSR count). The van der Waals surface area contributed by atoms with Gasteiger partial charge in [0.05, 0.1) is 6.04 Å². The van der Waals surface area contributed by atoms with Gasteiger partial charge in [-0.15, -0.1) is 0 Å². The van der Waals surface area contributed by atoms with E-state index in [1.807, 2.05) is 0 Å². The summed E-state index contributed by atoms with van der Waals surface area (Å²) in [6, 6.07) is 11.1. The van der Waals surface area contributed by atoms with E-state index in [4.69, 9.17) is 28.9 Å². The molecule has 0 radical (unpaired) electrons. The summed E-state index contributed by atoms with van der Waals surface area (Å²) in [4.78, 5) is 12.2. The lowest BCUT2D eigenvalue weighted by Gasteiger charge is -2.12. The van der Waals surface area contributed by atoms with Crippen LogP contribution in [0.3, 0.4) is 0 Å². The minimum atomic E-state index is -0.637. The highest BCUT2D eigenvalue weighted by atomic mass is 35.5. The van der Waals surface area contributed by atoms with E-state index in [1.54, 1.807) is 42.5 Å². The Balaban J connectivity index is 2.04. The monoisotopic (exact) mass is 323 g/mol. The second kappa shape index (κ2) is 6.94. The molecule has 2 aromatic rings. The van der Waals surface area contributed by atoms with Gasteiger partial charge in [0.15, 0.2) is 5.78 Å². The van der Waals surface area contributed by atoms with Crippen LogP contribution in [-0.2, 0) is 17.6 Å². The topological polar surface area (TPSA) is 63.3 Å². The molecular formula is C16H15Cl2NO2. The van der Waals surface area contributed by atoms with Gasteiger partial charge in [0, 0.05) is 16.5 Å². The van der Waals surface area contributed by atoms with Gasteiger partial charge in [-0.1, -0.05) is 41.4 Å². The maximum absolute atomic E-state index is 12.2. The highest BCUT2D eigenvalue weighted by Gasteiger charge is 2.17. The summed E-state index contributed by atoms with van der Waals surface area (Å²) in [6.07, 6.45) is 0.513. The van der Waals surface area contributed by atoms with E-state index in [-0.39, 0.29) is 18.0 Å². The van der Waals surface area contributed by atoms with Gasteiger partial charge in [-0.25, -0.2) is 0 Å². The Morgan fingerprint density at radius 3 is 2.24 bits per heavy atom. The molecule has 5 heteroatoms. The smallest absolute Gasteiger partial charge is 0.154 e. The van der Waals surface area contributed by atoms with Crippen LogP contribution in [0.15, 0.2) is 42.5 Å². The number of phenolic OH excluding ortho intramolecular Hbond substituents is 1. The highest BCUT2D eigenvalue weighted by molar-refractivity contribution is 6.36. The fraction of sp³-hybridized carbons (Fsp3) is 0.188. The minimum Gasteiger partial charge on any atom is -0.508 e. The van der Waals surface area contributed by atoms with Crippen molar-refractivity contribution in [3.05, 3.63) is 63.6 Å². The Kier molecular flexibility index (Phi) is 5.23. The number of Topliss-reactive ketones (excluding diaryl/α,β-unsaturated/α-hetero) is 1. The van der Waals surface area contributed by atoms with Crippen LogP contribution < -0.4 is 5.73 Å². The summed E-state index contributed by atoms with van der Waals surface area (Å²) >= 11 is 12.1. The van der Waals surface area contributed by atoms with Crippen molar-refractivity contribution in [2.45, 2.75) is 18.9 Å². The van der Waals surface area contributed by atoms with Crippen molar-refractivity contribution in [3.8, 4) is 5.75 Å². The zero-order valence-electron chi connectivity index (χ0n) is 11.2. The number of hydrogen-bond donors (Lipinski definition) is 2. The van der Waals surface area contributed by atoms with Crippen molar-refractivity contribution in [2.75, 3.05) is 0 Å². The molecular weight excluding hydrogens is 309 g/mol. The predicted octanol–water partition coefficient (Wildman–Crippen LogP) is 3.38. The molecule has 0 spiro atoms. The predicted molar refractivity (Wildman–Crippen MR) is 85.0 cm³/mol. The molecule has 0 aliphatic heterocycles. The first kappa shape index (κ1) is 15.8. The van der Waals surface area contributed by atoms with E-state index in [0.29, 0.717) is 22.0 Å². The maximum Gasteiger partial charge on any atom is 0.154 e. The third kappa shape index (κ3) is 4.21. The zero-order chi connectivity index (χ0) is 15.4. The third-order valence-electron chi connectivity index (χ3n) is 3.22. The maximum atomic E-state index is 12.2. The summed E-state index contributed by atoms with van der Waals surface area (Å²) in [5.41, 5.74) is 7.43. The SMILES string of the molecule is N[C@@H](Cc1ccc(O)cc1)C(=O)Cc1c(Cl)cccc1Cl. The van der Waals surface area contributed by atoms with Crippen LogP contribution in [-0.4, -0.2) is 16.9 Å². The van der Waals surface area contributed by atoms with Crippen LogP contribution >= 0.6 is 23.2 Å². The summed E-state index contributed by atoms with van der Waals surface area (Å²) in [5.74, 6) is 0.0552. The van der Waals surface area contributed by atoms with Crippen LogP contribution in [0, 0.1) is 0 Å². The Morgan fingerprint density at radius 2 is 1.67 bits per heavy atom. The van der Waals surface area contributed by atoms with Gasteiger partial charge in [-0.05, 0) is 41.8 Å². The van der Waals surface area contributed by atoms with Crippen molar-refractivity contribution < 1.29 is 9.90 Å². The number of aromatic hydroxyl groups is 1. The van der Waals surface area contributed by atoms with Crippen LogP contribution in [0.5, 0.6) is 5.75 Å². The highest BCUT2D eigenvalue weighted by Crippen LogP contribution is 2.25. The molecule has 110 valence electrons. The summed E-state index contributed by atoms with van der Waals surface area (Å²) < 4.78 is 0. The Bertz CT molecular complexity index is 621. The number of phenols is 1. The molecule has 0 aliphatic rings. The number of benzene rings is 2. The molecule has 0 amide bonds. The van der Waals surface area contributed by atoms with Crippen molar-refractivity contribution in [2.24, 2.45) is 5.73 Å². The normalized spacial score (nSPS) is 12.1. The molecule has 3 nitrogen and oxygen atoms in total. The number of hydrogen-bond acceptors (Lipinski definition) is 3. The van der Waals surface area contributed by atoms with Gasteiger partial charge in [0.1, 0.15) is 5.75 Å². The van der Waals surface area contributed by atoms with Crippen molar-refractivity contribution >= 4 is 29.0 Å². The lowest BCUT2D eigenvalue weighted by Crippen LogP contribution is -2.34. The fourth-order valence-electron chi connectivity index (χ4n) is 2.01. The molecule has 0 aliphatic carbocycles. The number of carbonyl (C=O) groups is 1. The van der Waals surface area contributed by atoms with Gasteiger partial charge < -0.3 is 10.8 Å². The summed E-state index contributed by atoms with van der Waals surface area (Å²) in [7, 11) is 0. The molecule has 21 heavy (non-hydrogen) atoms. The standard InChI is InChI=1S/C16H15Cl2NO2/c17-13-2-1-3-14(18)12(13)9-16(21)15(19)8-10-4-6-11(20)7-5-10/h1-7,15,20H,8-9,19H2/t15-/m0/s1. The number of nitrogens with two attached hydrogens (primary N) is 1. The van der Waals surface area contributed by atoms with Crippen molar-refractivity contribution in [3.63, 3.8) is 0 Å². The summed E-state index contributed by atoms with van der Waals surface area (Å²) in [5, 5.41) is 10.2. The van der Waals surface area contributed by atoms with E-state index in [9.17, 15) is 9.90 Å². The zero-order valence-corrected chi connectivity index (χ0v) is 12.7. The molecule has 0 bridgehead atoms. The largest absolute Gasteiger partial charge is 0.508 e. The average Bonchev–Trinajstić information content (AvgIpc) is 2.45. The second-order valence-electron chi connectivity index (χ2n) is 4.82. The Hall–Kier alpha value is -1.55. The van der Waals surface area contributed by atoms with Gasteiger partial charge >= 0.3 is 0 Å². The molecule has 3 N–H and O–H groups in total. The third-order valence-corrected chi connectivity index (χ3v) is 3.93. The summed E-state index contributed by atoms with van der Waals surface area (Å²) in [6.45, 7) is 0. The molecule has 0 unspecified atom stereocenters. The second-order valence-corrected chi connectivity index (χ2v) is 5.63. The molecule has 2 aromatic carbocycles. The minimum absolute atomic E-state index is 0.109. The molecule has 0 saturated heterocycles. The van der Waals surface area contributed by atoms with E-state index in [2.05, 4.69) is 0 Å². The van der Waals surface area contributed by atoms with E-state index in [0.717, 1.165) is 5.56 Å². The number of rotatable bonds is 5. The van der Waals surface area contributed by atoms with Crippen molar-refractivity contribution in [1.82, 2.24) is 0 Å². The Labute approximate surface area is 133 Å². The van der Waals surface area contributed by atoms with Gasteiger partial charge in [-0.2, -0.15) is 0 Å². The van der Waals surface area contributed by atoms with E-state index < -0.39 is 6.04 Å². The van der Waals surface area contributed by atoms with Crippen LogP contribution in [0.2, 0.25) is 10.0 Å². The van der Waals surface area contributed by atoms with Crippen LogP contribution in [0.25, 0.3) is 0 Å². The van der Waals surface area contributed by atoms with Crippen molar-refractivity contribution in [1.29, 1.82) is 0 Å². The molecule has 0 aromatic heterocycles. The lowest BCUT2D eigenvalue weighted by molar-refractivity contribution is -0.119. The number of halogens is 2. The van der Waals surface area contributed by atoms with Gasteiger partial charge in [0.25, 0.3) is 0 Å². The van der Waals surface area contributed by atoms with E-state index >= 15 is 0 Å². The first-order chi connectivity index (χ1) is 9.97. The quantitative estimate of drug-likeness (QED) is 0.886. The number of carbonyl (C=O) groups excluding carboxylic acids is 1. The molecule has 0 fully saturated rings.